The summed E-state index contributed by atoms with van der Waals surface area (Å²) < 4.78 is 27.6. The Bertz CT molecular complexity index is 411. The topological polar surface area (TPSA) is 64.0 Å². The van der Waals surface area contributed by atoms with E-state index in [1.807, 2.05) is 13.8 Å². The molecule has 0 radical (unpaired) electrons. The predicted octanol–water partition coefficient (Wildman–Crippen LogP) is 0.887. The van der Waals surface area contributed by atoms with Gasteiger partial charge >= 0.3 is 0 Å². The molecule has 1 aromatic heterocycles. The van der Waals surface area contributed by atoms with E-state index in [0.717, 1.165) is 12.8 Å². The summed E-state index contributed by atoms with van der Waals surface area (Å²) in [6.45, 7) is 3.88. The first-order valence-corrected chi connectivity index (χ1v) is 6.45. The second-order valence-corrected chi connectivity index (χ2v) is 5.37. The SMILES string of the molecule is CCC[C@@H](C)NS(=O)(=O)c1cnn(C)c1. The normalized spacial score (nSPS) is 14.1. The summed E-state index contributed by atoms with van der Waals surface area (Å²) in [4.78, 5) is 0.216. The zero-order valence-corrected chi connectivity index (χ0v) is 10.1. The zero-order valence-electron chi connectivity index (χ0n) is 9.27. The molecule has 0 saturated carbocycles. The van der Waals surface area contributed by atoms with Crippen LogP contribution in [-0.4, -0.2) is 24.2 Å². The molecule has 1 heterocycles. The second kappa shape index (κ2) is 4.76. The van der Waals surface area contributed by atoms with E-state index in [-0.39, 0.29) is 10.9 Å². The second-order valence-electron chi connectivity index (χ2n) is 3.66. The first kappa shape index (κ1) is 12.2. The van der Waals surface area contributed by atoms with Gasteiger partial charge in [0.1, 0.15) is 4.90 Å². The zero-order chi connectivity index (χ0) is 11.5. The predicted molar refractivity (Wildman–Crippen MR) is 57.9 cm³/mol. The standard InChI is InChI=1S/C9H17N3O2S/c1-4-5-8(2)11-15(13,14)9-6-10-12(3)7-9/h6-8,11H,4-5H2,1-3H3/t8-/m1/s1. The van der Waals surface area contributed by atoms with Crippen molar-refractivity contribution in [2.24, 2.45) is 7.05 Å². The summed E-state index contributed by atoms with van der Waals surface area (Å²) in [5, 5.41) is 3.83. The van der Waals surface area contributed by atoms with Gasteiger partial charge in [0.15, 0.2) is 0 Å². The quantitative estimate of drug-likeness (QED) is 0.818. The molecule has 0 aliphatic heterocycles. The molecule has 0 saturated heterocycles. The Morgan fingerprint density at radius 2 is 2.27 bits per heavy atom. The van der Waals surface area contributed by atoms with E-state index < -0.39 is 10.0 Å². The molecule has 0 amide bonds. The first-order chi connectivity index (χ1) is 6.95. The van der Waals surface area contributed by atoms with Crippen LogP contribution in [0.2, 0.25) is 0 Å². The van der Waals surface area contributed by atoms with Gasteiger partial charge in [-0.15, -0.1) is 0 Å². The van der Waals surface area contributed by atoms with E-state index >= 15 is 0 Å². The number of hydrogen-bond acceptors (Lipinski definition) is 3. The van der Waals surface area contributed by atoms with Crippen LogP contribution in [0, 0.1) is 0 Å². The third-order valence-electron chi connectivity index (χ3n) is 2.07. The molecule has 0 aliphatic rings. The summed E-state index contributed by atoms with van der Waals surface area (Å²) >= 11 is 0. The minimum Gasteiger partial charge on any atom is -0.274 e. The molecule has 0 aromatic carbocycles. The largest absolute Gasteiger partial charge is 0.274 e. The smallest absolute Gasteiger partial charge is 0.243 e. The van der Waals surface area contributed by atoms with E-state index in [9.17, 15) is 8.42 Å². The monoisotopic (exact) mass is 231 g/mol. The fourth-order valence-electron chi connectivity index (χ4n) is 1.36. The highest BCUT2D eigenvalue weighted by molar-refractivity contribution is 7.89. The maximum Gasteiger partial charge on any atom is 0.243 e. The van der Waals surface area contributed by atoms with Crippen molar-refractivity contribution < 1.29 is 8.42 Å². The number of aromatic nitrogens is 2. The molecule has 0 unspecified atom stereocenters. The van der Waals surface area contributed by atoms with Crippen LogP contribution in [0.25, 0.3) is 0 Å². The number of nitrogens with one attached hydrogen (secondary N) is 1. The Labute approximate surface area is 90.5 Å². The molecule has 0 fully saturated rings. The van der Waals surface area contributed by atoms with Gasteiger partial charge in [0.05, 0.1) is 6.20 Å². The lowest BCUT2D eigenvalue weighted by Gasteiger charge is -2.11. The lowest BCUT2D eigenvalue weighted by molar-refractivity contribution is 0.544. The van der Waals surface area contributed by atoms with E-state index in [4.69, 9.17) is 0 Å². The maximum atomic E-state index is 11.8. The van der Waals surface area contributed by atoms with Gasteiger partial charge in [-0.3, -0.25) is 4.68 Å². The maximum absolute atomic E-state index is 11.8. The Hall–Kier alpha value is -0.880. The molecule has 1 rings (SSSR count). The van der Waals surface area contributed by atoms with Crippen LogP contribution in [0.15, 0.2) is 17.3 Å². The summed E-state index contributed by atoms with van der Waals surface area (Å²) in [6, 6.07) is -0.0415. The van der Waals surface area contributed by atoms with Gasteiger partial charge in [0.25, 0.3) is 0 Å². The van der Waals surface area contributed by atoms with E-state index in [1.54, 1.807) is 7.05 Å². The Morgan fingerprint density at radius 3 is 2.73 bits per heavy atom. The van der Waals surface area contributed by atoms with Gasteiger partial charge in [-0.05, 0) is 13.3 Å². The summed E-state index contributed by atoms with van der Waals surface area (Å²) in [6.07, 6.45) is 4.62. The lowest BCUT2D eigenvalue weighted by Crippen LogP contribution is -2.32. The fraction of sp³-hybridized carbons (Fsp3) is 0.667. The molecule has 0 bridgehead atoms. The minimum atomic E-state index is -3.39. The molecule has 1 N–H and O–H groups in total. The highest BCUT2D eigenvalue weighted by atomic mass is 32.2. The average molecular weight is 231 g/mol. The molecular formula is C9H17N3O2S. The average Bonchev–Trinajstić information content (AvgIpc) is 2.51. The Morgan fingerprint density at radius 1 is 1.60 bits per heavy atom. The highest BCUT2D eigenvalue weighted by Gasteiger charge is 2.18. The number of rotatable bonds is 5. The molecule has 6 heteroatoms. The minimum absolute atomic E-state index is 0.0415. The lowest BCUT2D eigenvalue weighted by atomic mass is 10.2. The summed E-state index contributed by atoms with van der Waals surface area (Å²) in [5.74, 6) is 0. The van der Waals surface area contributed by atoms with Crippen molar-refractivity contribution in [2.45, 2.75) is 37.6 Å². The molecule has 15 heavy (non-hydrogen) atoms. The summed E-state index contributed by atoms with van der Waals surface area (Å²) in [5.41, 5.74) is 0. The van der Waals surface area contributed by atoms with E-state index in [1.165, 1.54) is 17.1 Å². The van der Waals surface area contributed by atoms with Crippen molar-refractivity contribution in [3.8, 4) is 0 Å². The van der Waals surface area contributed by atoms with Crippen LogP contribution < -0.4 is 4.72 Å². The van der Waals surface area contributed by atoms with Gasteiger partial charge in [-0.25, -0.2) is 13.1 Å². The fourth-order valence-corrected chi connectivity index (χ4v) is 2.62. The van der Waals surface area contributed by atoms with Crippen molar-refractivity contribution in [3.63, 3.8) is 0 Å². The molecule has 0 aliphatic carbocycles. The number of sulfonamides is 1. The molecule has 1 aromatic rings. The highest BCUT2D eigenvalue weighted by Crippen LogP contribution is 2.08. The third-order valence-corrected chi connectivity index (χ3v) is 3.61. The van der Waals surface area contributed by atoms with Gasteiger partial charge in [-0.1, -0.05) is 13.3 Å². The van der Waals surface area contributed by atoms with Crippen molar-refractivity contribution in [1.82, 2.24) is 14.5 Å². The van der Waals surface area contributed by atoms with Gasteiger partial charge in [0.2, 0.25) is 10.0 Å². The molecule has 0 spiro atoms. The first-order valence-electron chi connectivity index (χ1n) is 4.96. The molecule has 86 valence electrons. The van der Waals surface area contributed by atoms with E-state index in [2.05, 4.69) is 9.82 Å². The van der Waals surface area contributed by atoms with Gasteiger partial charge < -0.3 is 0 Å². The number of hydrogen-bond donors (Lipinski definition) is 1. The van der Waals surface area contributed by atoms with Gasteiger partial charge in [0, 0.05) is 19.3 Å². The number of aryl methyl sites for hydroxylation is 1. The molecular weight excluding hydrogens is 214 g/mol. The van der Waals surface area contributed by atoms with Crippen LogP contribution in [-0.2, 0) is 17.1 Å². The van der Waals surface area contributed by atoms with Crippen LogP contribution in [0.4, 0.5) is 0 Å². The molecule has 5 nitrogen and oxygen atoms in total. The van der Waals surface area contributed by atoms with Crippen LogP contribution >= 0.6 is 0 Å². The Kier molecular flexibility index (Phi) is 3.87. The van der Waals surface area contributed by atoms with Gasteiger partial charge in [-0.2, -0.15) is 5.10 Å². The van der Waals surface area contributed by atoms with Crippen molar-refractivity contribution in [1.29, 1.82) is 0 Å². The molecule has 1 atom stereocenters. The van der Waals surface area contributed by atoms with Crippen LogP contribution in [0.5, 0.6) is 0 Å². The van der Waals surface area contributed by atoms with Crippen molar-refractivity contribution >= 4 is 10.0 Å². The van der Waals surface area contributed by atoms with Crippen molar-refractivity contribution in [3.05, 3.63) is 12.4 Å². The number of nitrogens with zero attached hydrogens (tertiary/aromatic N) is 2. The Balaban J connectivity index is 2.76. The van der Waals surface area contributed by atoms with Crippen LogP contribution in [0.1, 0.15) is 26.7 Å². The third kappa shape index (κ3) is 3.32. The summed E-state index contributed by atoms with van der Waals surface area (Å²) in [7, 11) is -1.71. The van der Waals surface area contributed by atoms with Crippen molar-refractivity contribution in [2.75, 3.05) is 0 Å². The van der Waals surface area contributed by atoms with Crippen LogP contribution in [0.3, 0.4) is 0 Å². The van der Waals surface area contributed by atoms with E-state index in [0.29, 0.717) is 0 Å².